The van der Waals surface area contributed by atoms with Gasteiger partial charge in [0, 0.05) is 11.9 Å². The summed E-state index contributed by atoms with van der Waals surface area (Å²) in [6, 6.07) is 7.02. The molecule has 0 amide bonds. The minimum absolute atomic E-state index is 0.114. The molecule has 0 saturated carbocycles. The predicted octanol–water partition coefficient (Wildman–Crippen LogP) is 3.97. The van der Waals surface area contributed by atoms with Crippen molar-refractivity contribution in [2.24, 2.45) is 0 Å². The first-order valence-corrected chi connectivity index (χ1v) is 6.91. The van der Waals surface area contributed by atoms with Gasteiger partial charge in [0.15, 0.2) is 0 Å². The fourth-order valence-corrected chi connectivity index (χ4v) is 1.82. The molecule has 1 aromatic heterocycles. The molecule has 118 valence electrons. The van der Waals surface area contributed by atoms with E-state index in [0.29, 0.717) is 21.7 Å². The molecule has 0 radical (unpaired) electrons. The predicted molar refractivity (Wildman–Crippen MR) is 80.6 cm³/mol. The molecule has 2 aromatic rings. The van der Waals surface area contributed by atoms with Crippen LogP contribution in [0.15, 0.2) is 34.9 Å². The van der Waals surface area contributed by atoms with E-state index in [1.807, 2.05) is 0 Å². The van der Waals surface area contributed by atoms with Crippen molar-refractivity contribution >= 4 is 33.4 Å². The number of ether oxygens (including phenoxy) is 1. The van der Waals surface area contributed by atoms with Crippen molar-refractivity contribution in [3.05, 3.63) is 34.9 Å². The first-order chi connectivity index (χ1) is 10.4. The zero-order valence-corrected chi connectivity index (χ0v) is 13.0. The van der Waals surface area contributed by atoms with E-state index in [9.17, 15) is 13.2 Å². The molecule has 0 bridgehead atoms. The van der Waals surface area contributed by atoms with Gasteiger partial charge in [0.2, 0.25) is 5.95 Å². The van der Waals surface area contributed by atoms with Crippen molar-refractivity contribution in [2.75, 3.05) is 24.3 Å². The van der Waals surface area contributed by atoms with E-state index < -0.39 is 12.7 Å². The van der Waals surface area contributed by atoms with Crippen molar-refractivity contribution in [1.29, 1.82) is 0 Å². The Morgan fingerprint density at radius 2 is 1.91 bits per heavy atom. The number of hydrogen-bond acceptors (Lipinski definition) is 5. The Bertz CT molecular complexity index is 634. The highest BCUT2D eigenvalue weighted by atomic mass is 79.9. The van der Waals surface area contributed by atoms with E-state index in [4.69, 9.17) is 4.74 Å². The van der Waals surface area contributed by atoms with Crippen LogP contribution in [0.2, 0.25) is 0 Å². The third kappa shape index (κ3) is 4.76. The lowest BCUT2D eigenvalue weighted by atomic mass is 10.3. The Morgan fingerprint density at radius 3 is 2.50 bits per heavy atom. The van der Waals surface area contributed by atoms with E-state index in [1.165, 1.54) is 6.20 Å². The quantitative estimate of drug-likeness (QED) is 0.826. The summed E-state index contributed by atoms with van der Waals surface area (Å²) in [7, 11) is 1.56. The standard InChI is InChI=1S/C13H12BrF3N4O/c1-22-9-4-2-8(3-5-9)20-11-10(14)6-18-12(21-11)19-7-13(15,16)17/h2-6H,7H2,1H3,(H2,18,19,20,21). The van der Waals surface area contributed by atoms with Gasteiger partial charge in [-0.25, -0.2) is 4.98 Å². The van der Waals surface area contributed by atoms with Gasteiger partial charge in [-0.2, -0.15) is 18.2 Å². The minimum atomic E-state index is -4.33. The van der Waals surface area contributed by atoms with Crippen LogP contribution in [-0.2, 0) is 0 Å². The molecule has 2 rings (SSSR count). The van der Waals surface area contributed by atoms with E-state index in [-0.39, 0.29) is 5.95 Å². The Balaban J connectivity index is 2.12. The van der Waals surface area contributed by atoms with Crippen LogP contribution in [0.25, 0.3) is 0 Å². The van der Waals surface area contributed by atoms with E-state index in [2.05, 4.69) is 36.5 Å². The molecule has 1 aromatic carbocycles. The highest BCUT2D eigenvalue weighted by Crippen LogP contribution is 2.25. The zero-order valence-electron chi connectivity index (χ0n) is 11.4. The fraction of sp³-hybridized carbons (Fsp3) is 0.231. The number of methoxy groups -OCH3 is 1. The van der Waals surface area contributed by atoms with Gasteiger partial charge < -0.3 is 15.4 Å². The normalized spacial score (nSPS) is 11.1. The average molecular weight is 377 g/mol. The Hall–Kier alpha value is -2.03. The Kier molecular flexibility index (Phi) is 5.07. The summed E-state index contributed by atoms with van der Waals surface area (Å²) >= 11 is 3.24. The lowest BCUT2D eigenvalue weighted by Gasteiger charge is -2.11. The van der Waals surface area contributed by atoms with Crippen LogP contribution < -0.4 is 15.4 Å². The summed E-state index contributed by atoms with van der Waals surface area (Å²) in [6.45, 7) is -1.20. The number of anilines is 3. The highest BCUT2D eigenvalue weighted by molar-refractivity contribution is 9.10. The number of nitrogens with zero attached hydrogens (tertiary/aromatic N) is 2. The molecule has 0 saturated heterocycles. The average Bonchev–Trinajstić information content (AvgIpc) is 2.48. The number of rotatable bonds is 5. The zero-order chi connectivity index (χ0) is 16.2. The topological polar surface area (TPSA) is 59.1 Å². The number of alkyl halides is 3. The number of aromatic nitrogens is 2. The molecule has 22 heavy (non-hydrogen) atoms. The molecule has 0 aliphatic heterocycles. The Labute approximate surface area is 133 Å². The van der Waals surface area contributed by atoms with E-state index in [1.54, 1.807) is 31.4 Å². The van der Waals surface area contributed by atoms with E-state index in [0.717, 1.165) is 0 Å². The van der Waals surface area contributed by atoms with Crippen LogP contribution in [0.3, 0.4) is 0 Å². The molecule has 0 aliphatic rings. The highest BCUT2D eigenvalue weighted by Gasteiger charge is 2.27. The minimum Gasteiger partial charge on any atom is -0.497 e. The van der Waals surface area contributed by atoms with Crippen molar-refractivity contribution in [3.8, 4) is 5.75 Å². The molecule has 1 heterocycles. The molecule has 5 nitrogen and oxygen atoms in total. The van der Waals surface area contributed by atoms with Gasteiger partial charge in [-0.15, -0.1) is 0 Å². The fourth-order valence-electron chi connectivity index (χ4n) is 1.53. The largest absolute Gasteiger partial charge is 0.497 e. The molecule has 0 aliphatic carbocycles. The maximum atomic E-state index is 12.2. The van der Waals surface area contributed by atoms with Crippen molar-refractivity contribution in [2.45, 2.75) is 6.18 Å². The maximum Gasteiger partial charge on any atom is 0.405 e. The molecule has 0 unspecified atom stereocenters. The van der Waals surface area contributed by atoms with Gasteiger partial charge in [0.05, 0.1) is 11.6 Å². The summed E-state index contributed by atoms with van der Waals surface area (Å²) < 4.78 is 42.1. The van der Waals surface area contributed by atoms with Crippen molar-refractivity contribution in [3.63, 3.8) is 0 Å². The van der Waals surface area contributed by atoms with Gasteiger partial charge in [-0.1, -0.05) is 0 Å². The monoisotopic (exact) mass is 376 g/mol. The molecule has 0 spiro atoms. The lowest BCUT2D eigenvalue weighted by molar-refractivity contribution is -0.115. The second-order valence-corrected chi connectivity index (χ2v) is 5.07. The first kappa shape index (κ1) is 16.3. The SMILES string of the molecule is COc1ccc(Nc2nc(NCC(F)(F)F)ncc2Br)cc1. The second kappa shape index (κ2) is 6.82. The summed E-state index contributed by atoms with van der Waals surface area (Å²) in [4.78, 5) is 7.78. The summed E-state index contributed by atoms with van der Waals surface area (Å²) in [5.41, 5.74) is 0.710. The lowest BCUT2D eigenvalue weighted by Crippen LogP contribution is -2.22. The summed E-state index contributed by atoms with van der Waals surface area (Å²) in [5.74, 6) is 0.932. The second-order valence-electron chi connectivity index (χ2n) is 4.21. The van der Waals surface area contributed by atoms with Crippen LogP contribution in [-0.4, -0.2) is 29.8 Å². The maximum absolute atomic E-state index is 12.2. The molecule has 0 fully saturated rings. The van der Waals surface area contributed by atoms with Crippen LogP contribution >= 0.6 is 15.9 Å². The molecule has 9 heteroatoms. The number of benzene rings is 1. The number of nitrogens with one attached hydrogen (secondary N) is 2. The van der Waals surface area contributed by atoms with Gasteiger partial charge in [0.1, 0.15) is 18.1 Å². The number of halogens is 4. The van der Waals surface area contributed by atoms with Gasteiger partial charge in [-0.3, -0.25) is 0 Å². The molecule has 2 N–H and O–H groups in total. The molecular formula is C13H12BrF3N4O. The van der Waals surface area contributed by atoms with Crippen LogP contribution in [0.5, 0.6) is 5.75 Å². The van der Waals surface area contributed by atoms with E-state index >= 15 is 0 Å². The third-order valence-electron chi connectivity index (χ3n) is 2.54. The van der Waals surface area contributed by atoms with Gasteiger partial charge in [0.25, 0.3) is 0 Å². The molecule has 0 atom stereocenters. The van der Waals surface area contributed by atoms with Crippen molar-refractivity contribution < 1.29 is 17.9 Å². The first-order valence-electron chi connectivity index (χ1n) is 6.11. The van der Waals surface area contributed by atoms with Gasteiger partial charge in [-0.05, 0) is 40.2 Å². The van der Waals surface area contributed by atoms with Gasteiger partial charge >= 0.3 is 6.18 Å². The Morgan fingerprint density at radius 1 is 1.23 bits per heavy atom. The summed E-state index contributed by atoms with van der Waals surface area (Å²) in [5, 5.41) is 5.11. The van der Waals surface area contributed by atoms with Crippen molar-refractivity contribution in [1.82, 2.24) is 9.97 Å². The smallest absolute Gasteiger partial charge is 0.405 e. The third-order valence-corrected chi connectivity index (χ3v) is 3.12. The van der Waals surface area contributed by atoms with Crippen LogP contribution in [0.1, 0.15) is 0 Å². The van der Waals surface area contributed by atoms with Crippen LogP contribution in [0, 0.1) is 0 Å². The van der Waals surface area contributed by atoms with Crippen LogP contribution in [0.4, 0.5) is 30.6 Å². The molecular weight excluding hydrogens is 365 g/mol. The number of hydrogen-bond donors (Lipinski definition) is 2. The summed E-state index contributed by atoms with van der Waals surface area (Å²) in [6.07, 6.45) is -2.96.